The first-order valence-electron chi connectivity index (χ1n) is 27.5. The minimum absolute atomic E-state index is 0.0217. The summed E-state index contributed by atoms with van der Waals surface area (Å²) >= 11 is 0. The van der Waals surface area contributed by atoms with Crippen LogP contribution in [0.5, 0.6) is 23.0 Å². The number of carbonyl (C=O) groups is 2. The number of aromatic nitrogens is 2. The monoisotopic (exact) mass is 1080 g/mol. The van der Waals surface area contributed by atoms with Crippen LogP contribution in [0, 0.1) is 10.8 Å². The molecule has 0 saturated heterocycles. The number of hydrogen-bond donors (Lipinski definition) is 4. The molecule has 12 heteroatoms. The molecule has 406 valence electrons. The van der Waals surface area contributed by atoms with Crippen LogP contribution in [0.25, 0.3) is 65.2 Å². The Morgan fingerprint density at radius 3 is 1.15 bits per heavy atom. The van der Waals surface area contributed by atoms with E-state index in [0.29, 0.717) is 109 Å². The molecule has 4 N–H and O–H groups in total. The van der Waals surface area contributed by atoms with E-state index >= 15 is 0 Å². The van der Waals surface area contributed by atoms with Crippen molar-refractivity contribution in [3.8, 4) is 23.0 Å². The van der Waals surface area contributed by atoms with E-state index in [1.54, 1.807) is 48.5 Å². The van der Waals surface area contributed by atoms with Gasteiger partial charge in [-0.05, 0) is 132 Å². The number of phenols is 2. The van der Waals surface area contributed by atoms with Crippen molar-refractivity contribution < 1.29 is 38.7 Å². The maximum atomic E-state index is 14.7. The first-order valence-corrected chi connectivity index (χ1v) is 27.5. The van der Waals surface area contributed by atoms with Crippen LogP contribution in [-0.2, 0) is 22.6 Å². The van der Waals surface area contributed by atoms with Gasteiger partial charge < -0.3 is 38.3 Å². The second-order valence-electron chi connectivity index (χ2n) is 20.1. The smallest absolute Gasteiger partial charge is 0.197 e. The normalized spacial score (nSPS) is 11.6. The molecule has 2 aromatic heterocycles. The number of rotatable bonds is 21. The van der Waals surface area contributed by atoms with Crippen molar-refractivity contribution in [2.75, 3.05) is 39.6 Å². The molecule has 0 saturated carbocycles. The summed E-state index contributed by atoms with van der Waals surface area (Å²) in [5, 5.41) is 46.5. The van der Waals surface area contributed by atoms with Crippen molar-refractivity contribution in [2.24, 2.45) is 0 Å². The molecular formula is C70H58N4O8. The van der Waals surface area contributed by atoms with E-state index in [1.807, 2.05) is 159 Å². The van der Waals surface area contributed by atoms with E-state index in [-0.39, 0.29) is 34.5 Å². The van der Waals surface area contributed by atoms with Crippen molar-refractivity contribution in [3.63, 3.8) is 0 Å². The van der Waals surface area contributed by atoms with E-state index in [9.17, 15) is 19.8 Å². The van der Waals surface area contributed by atoms with E-state index in [4.69, 9.17) is 29.8 Å². The molecule has 82 heavy (non-hydrogen) atoms. The number of hydrogen-bond acceptors (Lipinski definition) is 10. The summed E-state index contributed by atoms with van der Waals surface area (Å²) in [6.07, 6.45) is 0. The van der Waals surface area contributed by atoms with Crippen LogP contribution >= 0.6 is 0 Å². The van der Waals surface area contributed by atoms with Crippen LogP contribution in [0.15, 0.2) is 194 Å². The Hall–Kier alpha value is -9.88. The molecule has 0 fully saturated rings. The van der Waals surface area contributed by atoms with E-state index in [0.717, 1.165) is 65.2 Å². The van der Waals surface area contributed by atoms with Crippen LogP contribution in [0.1, 0.15) is 67.9 Å². The fourth-order valence-electron chi connectivity index (χ4n) is 11.4. The second-order valence-corrected chi connectivity index (χ2v) is 20.1. The first kappa shape index (κ1) is 52.8. The number of ether oxygens (including phenoxy) is 4. The third-order valence-corrected chi connectivity index (χ3v) is 15.3. The summed E-state index contributed by atoms with van der Waals surface area (Å²) in [6.45, 7) is 6.99. The lowest BCUT2D eigenvalue weighted by Gasteiger charge is -2.13. The Morgan fingerprint density at radius 2 is 0.756 bits per heavy atom. The highest BCUT2D eigenvalue weighted by atomic mass is 16.5. The van der Waals surface area contributed by atoms with Gasteiger partial charge >= 0.3 is 0 Å². The zero-order valence-corrected chi connectivity index (χ0v) is 45.4. The molecule has 0 aliphatic rings. The highest BCUT2D eigenvalue weighted by molar-refractivity contribution is 6.23. The Labute approximate surface area is 472 Å². The maximum Gasteiger partial charge on any atom is 0.197 e. The first-order chi connectivity index (χ1) is 40.1. The van der Waals surface area contributed by atoms with Gasteiger partial charge in [-0.2, -0.15) is 0 Å². The predicted molar refractivity (Wildman–Crippen MR) is 326 cm³/mol. The van der Waals surface area contributed by atoms with Gasteiger partial charge in [-0.15, -0.1) is 0 Å². The van der Waals surface area contributed by atoms with Crippen molar-refractivity contribution in [1.82, 2.24) is 9.13 Å². The van der Waals surface area contributed by atoms with E-state index in [2.05, 4.69) is 9.13 Å². The van der Waals surface area contributed by atoms with Gasteiger partial charge in [-0.1, -0.05) is 97.1 Å². The predicted octanol–water partition coefficient (Wildman–Crippen LogP) is 14.4. The molecule has 0 unspecified atom stereocenters. The number of nitrogens with one attached hydrogen (secondary N) is 2. The van der Waals surface area contributed by atoms with Gasteiger partial charge in [-0.25, -0.2) is 0 Å². The molecule has 0 aliphatic heterocycles. The maximum absolute atomic E-state index is 14.7. The average Bonchev–Trinajstić information content (AvgIpc) is 4.14. The highest BCUT2D eigenvalue weighted by Crippen LogP contribution is 2.38. The van der Waals surface area contributed by atoms with Crippen molar-refractivity contribution in [1.29, 1.82) is 10.8 Å². The van der Waals surface area contributed by atoms with Crippen LogP contribution in [0.4, 0.5) is 0 Å². The topological polar surface area (TPSA) is 169 Å². The summed E-state index contributed by atoms with van der Waals surface area (Å²) in [4.78, 5) is 29.3. The lowest BCUT2D eigenvalue weighted by molar-refractivity contribution is 0.0431. The lowest BCUT2D eigenvalue weighted by Crippen LogP contribution is -2.12. The molecular weight excluding hydrogens is 1020 g/mol. The van der Waals surface area contributed by atoms with Crippen LogP contribution in [0.2, 0.25) is 0 Å². The van der Waals surface area contributed by atoms with Gasteiger partial charge in [0.15, 0.2) is 11.6 Å². The Morgan fingerprint density at radius 1 is 0.402 bits per heavy atom. The summed E-state index contributed by atoms with van der Waals surface area (Å²) < 4.78 is 28.9. The van der Waals surface area contributed by atoms with Gasteiger partial charge in [0, 0.05) is 90.1 Å². The third kappa shape index (κ3) is 9.78. The minimum atomic E-state index is -0.158. The summed E-state index contributed by atoms with van der Waals surface area (Å²) in [6, 6.07) is 60.1. The largest absolute Gasteiger partial charge is 0.507 e. The summed E-state index contributed by atoms with van der Waals surface area (Å²) in [5.74, 6) is 0.778. The molecule has 0 bridgehead atoms. The van der Waals surface area contributed by atoms with Gasteiger partial charge in [-0.3, -0.25) is 20.4 Å². The molecule has 0 amide bonds. The highest BCUT2D eigenvalue weighted by Gasteiger charge is 2.24. The molecule has 0 atom stereocenters. The fraction of sp³-hybridized carbons (Fsp3) is 0.143. The van der Waals surface area contributed by atoms with Crippen molar-refractivity contribution >= 4 is 88.1 Å². The number of para-hydroxylation sites is 2. The van der Waals surface area contributed by atoms with Crippen LogP contribution < -0.4 is 9.47 Å². The second kappa shape index (κ2) is 22.7. The summed E-state index contributed by atoms with van der Waals surface area (Å²) in [5.41, 5.74) is 8.05. The zero-order chi connectivity index (χ0) is 56.4. The van der Waals surface area contributed by atoms with Gasteiger partial charge in [0.1, 0.15) is 23.0 Å². The van der Waals surface area contributed by atoms with Gasteiger partial charge in [0.2, 0.25) is 0 Å². The van der Waals surface area contributed by atoms with Crippen molar-refractivity contribution in [3.05, 3.63) is 239 Å². The van der Waals surface area contributed by atoms with Crippen LogP contribution in [-0.4, -0.2) is 82.0 Å². The number of phenolic OH excluding ortho intramolecular Hbond substituents is 2. The number of aromatic hydroxyl groups is 2. The third-order valence-electron chi connectivity index (χ3n) is 15.3. The number of ketones is 2. The molecule has 12 nitrogen and oxygen atoms in total. The SMILES string of the molecule is CCOc1ccc2ccccc2c1C(=O)c1ccc2c(c1)c1cc(C(=N)c3ccccc3O)ccc1n2CCOCCOCCn1c2ccc(C(=N)c3ccccc3O)cc2c2cc(C(=O)c3c(OCC)ccc4ccccc34)ccc21. The molecule has 2 heterocycles. The number of benzene rings is 10. The zero-order valence-electron chi connectivity index (χ0n) is 45.4. The number of fused-ring (bicyclic) bond motifs is 8. The van der Waals surface area contributed by atoms with Crippen molar-refractivity contribution in [2.45, 2.75) is 26.9 Å². The number of carbonyl (C=O) groups excluding carboxylic acids is 2. The molecule has 0 radical (unpaired) electrons. The Balaban J connectivity index is 0.788. The molecule has 10 aromatic carbocycles. The lowest BCUT2D eigenvalue weighted by atomic mass is 9.95. The molecule has 12 rings (SSSR count). The summed E-state index contributed by atoms with van der Waals surface area (Å²) in [7, 11) is 0. The quantitative estimate of drug-likeness (QED) is 0.0313. The fourth-order valence-corrected chi connectivity index (χ4v) is 11.4. The molecule has 0 aliphatic carbocycles. The number of nitrogens with zero attached hydrogens (tertiary/aromatic N) is 2. The van der Waals surface area contributed by atoms with Crippen LogP contribution in [0.3, 0.4) is 0 Å². The molecule has 12 aromatic rings. The minimum Gasteiger partial charge on any atom is -0.507 e. The Kier molecular flexibility index (Phi) is 14.6. The standard InChI is InChI=1S/C70H58N4O8/c1-3-81-63-31-25-43-13-5-7-15-49(43)65(63)69(77)47-23-29-59-55(41-47)53-39-45(67(71)51-17-9-11-19-61(51)75)21-27-57(53)73(59)33-35-79-37-38-80-36-34-74-58-28-22-46(68(72)52-18-10-12-20-62(52)76)40-54(58)56-42-48(24-30-60(56)74)70(78)66-50-16-8-6-14-44(50)26-32-64(66)82-4-2/h5-32,39-42,71-72,75-76H,3-4,33-38H2,1-2H3. The molecule has 0 spiro atoms. The van der Waals surface area contributed by atoms with Gasteiger partial charge in [0.05, 0.1) is 62.2 Å². The Bertz CT molecular complexity index is 4230. The van der Waals surface area contributed by atoms with E-state index < -0.39 is 0 Å². The van der Waals surface area contributed by atoms with E-state index in [1.165, 1.54) is 0 Å². The average molecular weight is 1080 g/mol. The van der Waals surface area contributed by atoms with Gasteiger partial charge in [0.25, 0.3) is 0 Å².